The highest BCUT2D eigenvalue weighted by molar-refractivity contribution is 5.25. The summed E-state index contributed by atoms with van der Waals surface area (Å²) in [6.45, 7) is 4.48. The lowest BCUT2D eigenvalue weighted by Gasteiger charge is -2.31. The van der Waals surface area contributed by atoms with Crippen LogP contribution in [0.3, 0.4) is 0 Å². The molecule has 1 N–H and O–H groups in total. The largest absolute Gasteiger partial charge is 0.495 e. The van der Waals surface area contributed by atoms with E-state index in [9.17, 15) is 5.11 Å². The Kier molecular flexibility index (Phi) is 3.38. The molecule has 1 aromatic rings. The molecule has 1 aromatic heterocycles. The molecule has 0 bridgehead atoms. The molecule has 1 aliphatic carbocycles. The highest BCUT2D eigenvalue weighted by Crippen LogP contribution is 2.48. The average molecular weight is 235 g/mol. The molecule has 2 rings (SSSR count). The lowest BCUT2D eigenvalue weighted by molar-refractivity contribution is 0.0527. The fourth-order valence-electron chi connectivity index (χ4n) is 2.88. The predicted octanol–water partition coefficient (Wildman–Crippen LogP) is 2.95. The van der Waals surface area contributed by atoms with Gasteiger partial charge in [-0.1, -0.05) is 20.3 Å². The summed E-state index contributed by atoms with van der Waals surface area (Å²) in [5.74, 6) is 1.02. The average Bonchev–Trinajstić information content (AvgIpc) is 2.68. The van der Waals surface area contributed by atoms with E-state index in [-0.39, 0.29) is 5.41 Å². The first-order valence-electron chi connectivity index (χ1n) is 6.21. The van der Waals surface area contributed by atoms with Crippen molar-refractivity contribution >= 4 is 0 Å². The van der Waals surface area contributed by atoms with Gasteiger partial charge in [-0.15, -0.1) is 0 Å². The van der Waals surface area contributed by atoms with Crippen molar-refractivity contribution in [3.63, 3.8) is 0 Å². The van der Waals surface area contributed by atoms with Crippen LogP contribution in [-0.2, 0) is 0 Å². The van der Waals surface area contributed by atoms with Gasteiger partial charge < -0.3 is 9.84 Å². The Labute approximate surface area is 103 Å². The third kappa shape index (κ3) is 2.44. The third-order valence-electron chi connectivity index (χ3n) is 4.03. The summed E-state index contributed by atoms with van der Waals surface area (Å²) < 4.78 is 5.15. The monoisotopic (exact) mass is 235 g/mol. The van der Waals surface area contributed by atoms with Crippen LogP contribution in [0.25, 0.3) is 0 Å². The molecule has 0 saturated heterocycles. The van der Waals surface area contributed by atoms with E-state index in [1.807, 2.05) is 6.07 Å². The van der Waals surface area contributed by atoms with Crippen LogP contribution in [0.15, 0.2) is 18.5 Å². The number of rotatable bonds is 3. The van der Waals surface area contributed by atoms with Crippen molar-refractivity contribution in [1.29, 1.82) is 0 Å². The van der Waals surface area contributed by atoms with E-state index in [4.69, 9.17) is 4.74 Å². The summed E-state index contributed by atoms with van der Waals surface area (Å²) >= 11 is 0. The minimum atomic E-state index is -0.435. The first-order valence-corrected chi connectivity index (χ1v) is 6.21. The van der Waals surface area contributed by atoms with Gasteiger partial charge in [-0.25, -0.2) is 0 Å². The molecule has 0 spiro atoms. The van der Waals surface area contributed by atoms with E-state index >= 15 is 0 Å². The lowest BCUT2D eigenvalue weighted by Crippen LogP contribution is -2.24. The number of methoxy groups -OCH3 is 1. The SMILES string of the molecule is COc1cncc(C(O)C2CCCC2(C)C)c1. The molecule has 94 valence electrons. The molecule has 2 atom stereocenters. The molecule has 1 heterocycles. The smallest absolute Gasteiger partial charge is 0.137 e. The normalized spacial score (nSPS) is 24.6. The maximum Gasteiger partial charge on any atom is 0.137 e. The zero-order valence-electron chi connectivity index (χ0n) is 10.8. The van der Waals surface area contributed by atoms with Crippen LogP contribution in [0.4, 0.5) is 0 Å². The number of hydrogen-bond acceptors (Lipinski definition) is 3. The molecule has 3 heteroatoms. The van der Waals surface area contributed by atoms with Gasteiger partial charge in [-0.05, 0) is 30.2 Å². The van der Waals surface area contributed by atoms with Crippen LogP contribution >= 0.6 is 0 Å². The van der Waals surface area contributed by atoms with Gasteiger partial charge >= 0.3 is 0 Å². The molecule has 2 unspecified atom stereocenters. The first kappa shape index (κ1) is 12.4. The molecule has 17 heavy (non-hydrogen) atoms. The van der Waals surface area contributed by atoms with E-state index in [1.165, 1.54) is 12.8 Å². The van der Waals surface area contributed by atoms with Crippen LogP contribution in [0.1, 0.15) is 44.8 Å². The van der Waals surface area contributed by atoms with Gasteiger partial charge in [-0.2, -0.15) is 0 Å². The van der Waals surface area contributed by atoms with Gasteiger partial charge in [0.05, 0.1) is 19.4 Å². The highest BCUT2D eigenvalue weighted by atomic mass is 16.5. The second-order valence-electron chi connectivity index (χ2n) is 5.59. The van der Waals surface area contributed by atoms with E-state index in [1.54, 1.807) is 19.5 Å². The molecule has 1 fully saturated rings. The lowest BCUT2D eigenvalue weighted by atomic mass is 9.77. The van der Waals surface area contributed by atoms with Crippen LogP contribution in [-0.4, -0.2) is 17.2 Å². The molecular weight excluding hydrogens is 214 g/mol. The zero-order chi connectivity index (χ0) is 12.5. The molecule has 1 aliphatic rings. The van der Waals surface area contributed by atoms with Crippen molar-refractivity contribution in [3.8, 4) is 5.75 Å². The van der Waals surface area contributed by atoms with Gasteiger partial charge in [-0.3, -0.25) is 4.98 Å². The van der Waals surface area contributed by atoms with Gasteiger partial charge in [0.25, 0.3) is 0 Å². The van der Waals surface area contributed by atoms with Gasteiger partial charge in [0.2, 0.25) is 0 Å². The Morgan fingerprint density at radius 1 is 1.47 bits per heavy atom. The minimum Gasteiger partial charge on any atom is -0.495 e. The molecule has 3 nitrogen and oxygen atoms in total. The van der Waals surface area contributed by atoms with Crippen molar-refractivity contribution in [3.05, 3.63) is 24.0 Å². The van der Waals surface area contributed by atoms with Crippen molar-refractivity contribution in [2.45, 2.75) is 39.2 Å². The molecular formula is C14H21NO2. The van der Waals surface area contributed by atoms with Crippen molar-refractivity contribution in [2.75, 3.05) is 7.11 Å². The summed E-state index contributed by atoms with van der Waals surface area (Å²) in [6, 6.07) is 1.88. The molecule has 0 aromatic carbocycles. The van der Waals surface area contributed by atoms with Crippen LogP contribution in [0, 0.1) is 11.3 Å². The quantitative estimate of drug-likeness (QED) is 0.875. The summed E-state index contributed by atoms with van der Waals surface area (Å²) in [5.41, 5.74) is 1.08. The predicted molar refractivity (Wildman–Crippen MR) is 66.9 cm³/mol. The third-order valence-corrected chi connectivity index (χ3v) is 4.03. The molecule has 0 aliphatic heterocycles. The van der Waals surface area contributed by atoms with E-state index in [2.05, 4.69) is 18.8 Å². The Hall–Kier alpha value is -1.09. The topological polar surface area (TPSA) is 42.4 Å². The number of hydrogen-bond donors (Lipinski definition) is 1. The van der Waals surface area contributed by atoms with E-state index < -0.39 is 6.10 Å². The number of aliphatic hydroxyl groups excluding tert-OH is 1. The summed E-state index contributed by atoms with van der Waals surface area (Å²) in [5, 5.41) is 10.5. The second kappa shape index (κ2) is 4.65. The van der Waals surface area contributed by atoms with Gasteiger partial charge in [0.1, 0.15) is 5.75 Å². The Morgan fingerprint density at radius 3 is 2.82 bits per heavy atom. The number of aliphatic hydroxyl groups is 1. The Morgan fingerprint density at radius 2 is 2.24 bits per heavy atom. The second-order valence-corrected chi connectivity index (χ2v) is 5.59. The fourth-order valence-corrected chi connectivity index (χ4v) is 2.88. The number of nitrogens with zero attached hydrogens (tertiary/aromatic N) is 1. The van der Waals surface area contributed by atoms with E-state index in [0.717, 1.165) is 12.0 Å². The van der Waals surface area contributed by atoms with Crippen LogP contribution in [0.5, 0.6) is 5.75 Å². The standard InChI is InChI=1S/C14H21NO2/c1-14(2)6-4-5-12(14)13(16)10-7-11(17-3)9-15-8-10/h7-9,12-13,16H,4-6H2,1-3H3. The number of ether oxygens (including phenoxy) is 1. The highest BCUT2D eigenvalue weighted by Gasteiger charge is 2.39. The zero-order valence-corrected chi connectivity index (χ0v) is 10.8. The van der Waals surface area contributed by atoms with E-state index in [0.29, 0.717) is 11.7 Å². The molecule has 0 amide bonds. The number of pyridine rings is 1. The van der Waals surface area contributed by atoms with Crippen molar-refractivity contribution in [2.24, 2.45) is 11.3 Å². The summed E-state index contributed by atoms with van der Waals surface area (Å²) in [7, 11) is 1.62. The maximum absolute atomic E-state index is 10.5. The molecule has 1 saturated carbocycles. The van der Waals surface area contributed by atoms with Gasteiger partial charge in [0, 0.05) is 11.8 Å². The Bertz CT molecular complexity index is 390. The minimum absolute atomic E-state index is 0.211. The van der Waals surface area contributed by atoms with Gasteiger partial charge in [0.15, 0.2) is 0 Å². The summed E-state index contributed by atoms with van der Waals surface area (Å²) in [4.78, 5) is 4.11. The first-order chi connectivity index (χ1) is 8.04. The fraction of sp³-hybridized carbons (Fsp3) is 0.643. The van der Waals surface area contributed by atoms with Crippen molar-refractivity contribution < 1.29 is 9.84 Å². The van der Waals surface area contributed by atoms with Crippen LogP contribution in [0.2, 0.25) is 0 Å². The van der Waals surface area contributed by atoms with Crippen molar-refractivity contribution in [1.82, 2.24) is 4.98 Å². The molecule has 0 radical (unpaired) electrons. The maximum atomic E-state index is 10.5. The number of aromatic nitrogens is 1. The van der Waals surface area contributed by atoms with Crippen LogP contribution < -0.4 is 4.74 Å². The summed E-state index contributed by atoms with van der Waals surface area (Å²) in [6.07, 6.45) is 6.44. The Balaban J connectivity index is 2.21.